The number of hydrogen-bond donors (Lipinski definition) is 0. The van der Waals surface area contributed by atoms with Crippen molar-refractivity contribution >= 4 is 34.6 Å². The largest absolute Gasteiger partial charge is 0.494 e. The van der Waals surface area contributed by atoms with Gasteiger partial charge in [0, 0.05) is 19.5 Å². The number of ether oxygens (including phenoxy) is 6. The number of thiophene rings is 2. The summed E-state index contributed by atoms with van der Waals surface area (Å²) in [4.78, 5) is 31.4. The van der Waals surface area contributed by atoms with Gasteiger partial charge in [0.15, 0.2) is 11.5 Å². The highest BCUT2D eigenvalue weighted by atomic mass is 32.1. The van der Waals surface area contributed by atoms with Gasteiger partial charge in [-0.1, -0.05) is 162 Å². The van der Waals surface area contributed by atoms with E-state index in [1.807, 2.05) is 61.5 Å². The molecule has 0 bridgehead atoms. The standard InChI is InChI=1S/C66H86O8S2/c1-5-9-12-15-18-21-24-27-45-70-58-49-54(50-59(71-46-28-25-22-19-16-13-10-6-2)64(58)72-47-29-26-23-20-17-14-11-7-3)66(68)74-56-39-35-52(36-40-56)61-42-44-63(76-61)62-43-41-60(75-62)51-33-37-55(38-34-51)73-65(67)53-31-30-32-57(48-53)69-8-4/h30-44,48-50H,5-29,45-47H2,1-4H3. The average Bonchev–Trinajstić information content (AvgIpc) is 4.16. The molecule has 2 aromatic heterocycles. The first-order valence-corrected chi connectivity index (χ1v) is 30.7. The van der Waals surface area contributed by atoms with Gasteiger partial charge in [-0.05, 0) is 140 Å². The highest BCUT2D eigenvalue weighted by molar-refractivity contribution is 7.25. The molecule has 0 aliphatic rings. The molecule has 0 N–H and O–H groups in total. The first-order valence-electron chi connectivity index (χ1n) is 29.0. The monoisotopic (exact) mass is 1070 g/mol. The molecule has 10 heteroatoms. The van der Waals surface area contributed by atoms with Crippen molar-refractivity contribution in [1.82, 2.24) is 0 Å². The molecule has 0 fully saturated rings. The quantitative estimate of drug-likeness (QED) is 0.0214. The number of carbonyl (C=O) groups is 2. The lowest BCUT2D eigenvalue weighted by Crippen LogP contribution is -2.12. The van der Waals surface area contributed by atoms with Crippen molar-refractivity contribution in [3.05, 3.63) is 120 Å². The maximum absolute atomic E-state index is 14.1. The molecule has 8 nitrogen and oxygen atoms in total. The van der Waals surface area contributed by atoms with Gasteiger partial charge in [-0.25, -0.2) is 9.59 Å². The molecule has 0 radical (unpaired) electrons. The third-order valence-electron chi connectivity index (χ3n) is 13.5. The topological polar surface area (TPSA) is 89.5 Å². The van der Waals surface area contributed by atoms with Crippen molar-refractivity contribution in [2.45, 2.75) is 182 Å². The zero-order valence-corrected chi connectivity index (χ0v) is 47.9. The third kappa shape index (κ3) is 20.8. The summed E-state index contributed by atoms with van der Waals surface area (Å²) in [6.45, 7) is 10.9. The first kappa shape index (κ1) is 59.7. The summed E-state index contributed by atoms with van der Waals surface area (Å²) in [7, 11) is 0. The Hall–Kier alpha value is -5.58. The summed E-state index contributed by atoms with van der Waals surface area (Å²) in [6.07, 6.45) is 29.0. The van der Waals surface area contributed by atoms with E-state index in [0.717, 1.165) is 69.2 Å². The van der Waals surface area contributed by atoms with Gasteiger partial charge in [0.25, 0.3) is 0 Å². The Labute approximate surface area is 463 Å². The Morgan fingerprint density at radius 3 is 1.16 bits per heavy atom. The highest BCUT2D eigenvalue weighted by Crippen LogP contribution is 2.42. The molecule has 4 aromatic carbocycles. The molecule has 0 aliphatic carbocycles. The molecule has 2 heterocycles. The number of unbranched alkanes of at least 4 members (excludes halogenated alkanes) is 21. The zero-order valence-electron chi connectivity index (χ0n) is 46.3. The molecule has 6 aromatic rings. The van der Waals surface area contributed by atoms with Gasteiger partial charge in [-0.2, -0.15) is 0 Å². The van der Waals surface area contributed by atoms with E-state index >= 15 is 0 Å². The normalized spacial score (nSPS) is 11.2. The lowest BCUT2D eigenvalue weighted by atomic mass is 10.1. The van der Waals surface area contributed by atoms with Crippen LogP contribution in [0.3, 0.4) is 0 Å². The number of carbonyl (C=O) groups excluding carboxylic acids is 2. The van der Waals surface area contributed by atoms with Crippen LogP contribution in [0.4, 0.5) is 0 Å². The fourth-order valence-corrected chi connectivity index (χ4v) is 11.2. The van der Waals surface area contributed by atoms with E-state index in [2.05, 4.69) is 45.0 Å². The van der Waals surface area contributed by atoms with Gasteiger partial charge in [-0.15, -0.1) is 22.7 Å². The van der Waals surface area contributed by atoms with Crippen molar-refractivity contribution in [3.63, 3.8) is 0 Å². The molecule has 410 valence electrons. The van der Waals surface area contributed by atoms with E-state index in [-0.39, 0.29) is 0 Å². The summed E-state index contributed by atoms with van der Waals surface area (Å²) in [6, 6.07) is 34.5. The van der Waals surface area contributed by atoms with Crippen LogP contribution in [-0.4, -0.2) is 38.4 Å². The van der Waals surface area contributed by atoms with Crippen molar-refractivity contribution < 1.29 is 38.0 Å². The smallest absolute Gasteiger partial charge is 0.343 e. The molecular formula is C66H86O8S2. The van der Waals surface area contributed by atoms with Crippen molar-refractivity contribution in [3.8, 4) is 65.1 Å². The van der Waals surface area contributed by atoms with Gasteiger partial charge >= 0.3 is 11.9 Å². The van der Waals surface area contributed by atoms with E-state index in [9.17, 15) is 9.59 Å². The minimum Gasteiger partial charge on any atom is -0.494 e. The second-order valence-electron chi connectivity index (χ2n) is 19.9. The molecule has 0 atom stereocenters. The van der Waals surface area contributed by atoms with Gasteiger partial charge in [0.2, 0.25) is 5.75 Å². The van der Waals surface area contributed by atoms with E-state index in [0.29, 0.717) is 72.1 Å². The Morgan fingerprint density at radius 1 is 0.355 bits per heavy atom. The molecule has 0 spiro atoms. The van der Waals surface area contributed by atoms with Crippen LogP contribution >= 0.6 is 22.7 Å². The Morgan fingerprint density at radius 2 is 0.737 bits per heavy atom. The molecule has 0 aliphatic heterocycles. The van der Waals surface area contributed by atoms with Crippen LogP contribution in [0.25, 0.3) is 30.6 Å². The maximum Gasteiger partial charge on any atom is 0.343 e. The Bertz CT molecular complexity index is 2520. The van der Waals surface area contributed by atoms with Gasteiger partial charge in [0.1, 0.15) is 17.2 Å². The highest BCUT2D eigenvalue weighted by Gasteiger charge is 2.21. The van der Waals surface area contributed by atoms with Crippen LogP contribution in [0.5, 0.6) is 34.5 Å². The lowest BCUT2D eigenvalue weighted by molar-refractivity contribution is 0.0724. The van der Waals surface area contributed by atoms with Gasteiger partial charge in [0.05, 0.1) is 37.6 Å². The average molecular weight is 1070 g/mol. The van der Waals surface area contributed by atoms with Gasteiger partial charge in [-0.3, -0.25) is 0 Å². The predicted molar refractivity (Wildman–Crippen MR) is 317 cm³/mol. The Balaban J connectivity index is 1.09. The van der Waals surface area contributed by atoms with Crippen LogP contribution in [-0.2, 0) is 0 Å². The summed E-state index contributed by atoms with van der Waals surface area (Å²) < 4.78 is 36.9. The first-order chi connectivity index (χ1) is 37.4. The van der Waals surface area contributed by atoms with Crippen LogP contribution in [0.15, 0.2) is 109 Å². The van der Waals surface area contributed by atoms with Crippen LogP contribution in [0.2, 0.25) is 0 Å². The van der Waals surface area contributed by atoms with E-state index < -0.39 is 11.9 Å². The Kier molecular flexibility index (Phi) is 27.4. The SMILES string of the molecule is CCCCCCCCCCOc1cc(C(=O)Oc2ccc(-c3ccc(-c4ccc(-c5ccc(OC(=O)c6cccc(OCC)c6)cc5)s4)s3)cc2)cc(OCCCCCCCCCC)c1OCCCCCCCCCC. The van der Waals surface area contributed by atoms with Crippen molar-refractivity contribution in [2.24, 2.45) is 0 Å². The van der Waals surface area contributed by atoms with Gasteiger partial charge < -0.3 is 28.4 Å². The maximum atomic E-state index is 14.1. The summed E-state index contributed by atoms with van der Waals surface area (Å²) in [5, 5.41) is 0. The molecular weight excluding hydrogens is 985 g/mol. The molecule has 0 saturated carbocycles. The minimum atomic E-state index is -0.470. The summed E-state index contributed by atoms with van der Waals surface area (Å²) in [5.41, 5.74) is 2.89. The fraction of sp³-hybridized carbons (Fsp3) is 0.485. The second-order valence-corrected chi connectivity index (χ2v) is 22.1. The molecule has 76 heavy (non-hydrogen) atoms. The number of rotatable bonds is 39. The number of esters is 2. The molecule has 0 amide bonds. The fourth-order valence-electron chi connectivity index (χ4n) is 9.13. The summed E-state index contributed by atoms with van der Waals surface area (Å²) >= 11 is 3.43. The second kappa shape index (κ2) is 35.0. The number of benzene rings is 4. The molecule has 0 unspecified atom stereocenters. The van der Waals surface area contributed by atoms with Crippen LogP contribution in [0.1, 0.15) is 203 Å². The van der Waals surface area contributed by atoms with E-state index in [4.69, 9.17) is 28.4 Å². The molecule has 0 saturated heterocycles. The van der Waals surface area contributed by atoms with Crippen LogP contribution < -0.4 is 28.4 Å². The van der Waals surface area contributed by atoms with E-state index in [1.54, 1.807) is 53.0 Å². The summed E-state index contributed by atoms with van der Waals surface area (Å²) in [5.74, 6) is 2.35. The zero-order chi connectivity index (χ0) is 53.4. The lowest BCUT2D eigenvalue weighted by Gasteiger charge is -2.19. The van der Waals surface area contributed by atoms with E-state index in [1.165, 1.54) is 116 Å². The third-order valence-corrected chi connectivity index (χ3v) is 16.0. The van der Waals surface area contributed by atoms with Crippen LogP contribution in [0, 0.1) is 0 Å². The minimum absolute atomic E-state index is 0.373. The molecule has 6 rings (SSSR count). The number of hydrogen-bond acceptors (Lipinski definition) is 10. The van der Waals surface area contributed by atoms with Crippen molar-refractivity contribution in [2.75, 3.05) is 26.4 Å². The predicted octanol–water partition coefficient (Wildman–Crippen LogP) is 20.2. The van der Waals surface area contributed by atoms with Crippen molar-refractivity contribution in [1.29, 1.82) is 0 Å².